The standard InChI is InChI=1S/C17H17ClN2O3/c1-12-7-8-14(9-15(12)18)20-16(21)10-19-17(22)23-11-13-5-3-2-4-6-13/h2-9H,10-11H2,1H3,(H,19,22)(H,20,21). The Hall–Kier alpha value is -2.53. The number of alkyl carbamates (subject to hydrolysis) is 1. The van der Waals surface area contributed by atoms with E-state index in [1.54, 1.807) is 18.2 Å². The van der Waals surface area contributed by atoms with E-state index in [2.05, 4.69) is 10.6 Å². The monoisotopic (exact) mass is 332 g/mol. The molecular weight excluding hydrogens is 316 g/mol. The van der Waals surface area contributed by atoms with Gasteiger partial charge in [0, 0.05) is 10.7 Å². The van der Waals surface area contributed by atoms with Crippen molar-refractivity contribution in [2.45, 2.75) is 13.5 Å². The van der Waals surface area contributed by atoms with Crippen LogP contribution >= 0.6 is 11.6 Å². The Morgan fingerprint density at radius 3 is 2.57 bits per heavy atom. The van der Waals surface area contributed by atoms with Gasteiger partial charge in [-0.2, -0.15) is 0 Å². The third-order valence-electron chi connectivity index (χ3n) is 3.06. The quantitative estimate of drug-likeness (QED) is 0.880. The van der Waals surface area contributed by atoms with Gasteiger partial charge >= 0.3 is 6.09 Å². The lowest BCUT2D eigenvalue weighted by Crippen LogP contribution is -2.33. The van der Waals surface area contributed by atoms with Gasteiger partial charge < -0.3 is 15.4 Å². The fraction of sp³-hybridized carbons (Fsp3) is 0.176. The molecule has 0 atom stereocenters. The second-order valence-corrected chi connectivity index (χ2v) is 5.33. The second-order valence-electron chi connectivity index (χ2n) is 4.93. The Morgan fingerprint density at radius 2 is 1.87 bits per heavy atom. The fourth-order valence-electron chi connectivity index (χ4n) is 1.80. The Morgan fingerprint density at radius 1 is 1.13 bits per heavy atom. The highest BCUT2D eigenvalue weighted by Gasteiger charge is 2.07. The summed E-state index contributed by atoms with van der Waals surface area (Å²) in [6.45, 7) is 1.85. The van der Waals surface area contributed by atoms with E-state index in [1.807, 2.05) is 37.3 Å². The molecule has 6 heteroatoms. The molecule has 0 saturated heterocycles. The Labute approximate surface area is 139 Å². The average Bonchev–Trinajstić information content (AvgIpc) is 2.55. The number of hydrogen-bond donors (Lipinski definition) is 2. The van der Waals surface area contributed by atoms with Gasteiger partial charge in [0.15, 0.2) is 0 Å². The lowest BCUT2D eigenvalue weighted by atomic mass is 10.2. The van der Waals surface area contributed by atoms with E-state index < -0.39 is 6.09 Å². The van der Waals surface area contributed by atoms with Crippen molar-refractivity contribution in [2.75, 3.05) is 11.9 Å². The van der Waals surface area contributed by atoms with E-state index in [-0.39, 0.29) is 19.1 Å². The summed E-state index contributed by atoms with van der Waals surface area (Å²) in [5.41, 5.74) is 2.37. The Balaban J connectivity index is 1.73. The third kappa shape index (κ3) is 5.64. The number of nitrogens with one attached hydrogen (secondary N) is 2. The van der Waals surface area contributed by atoms with E-state index >= 15 is 0 Å². The molecule has 0 heterocycles. The van der Waals surface area contributed by atoms with Gasteiger partial charge in [-0.25, -0.2) is 4.79 Å². The van der Waals surface area contributed by atoms with Crippen LogP contribution in [-0.2, 0) is 16.1 Å². The number of benzene rings is 2. The summed E-state index contributed by atoms with van der Waals surface area (Å²) >= 11 is 5.98. The van der Waals surface area contributed by atoms with Crippen LogP contribution in [0.5, 0.6) is 0 Å². The van der Waals surface area contributed by atoms with E-state index in [0.717, 1.165) is 11.1 Å². The summed E-state index contributed by atoms with van der Waals surface area (Å²) in [5, 5.41) is 5.61. The number of carbonyl (C=O) groups excluding carboxylic acids is 2. The highest BCUT2D eigenvalue weighted by Crippen LogP contribution is 2.19. The topological polar surface area (TPSA) is 67.4 Å². The molecule has 0 aromatic heterocycles. The van der Waals surface area contributed by atoms with Crippen molar-refractivity contribution in [3.05, 3.63) is 64.7 Å². The largest absolute Gasteiger partial charge is 0.445 e. The van der Waals surface area contributed by atoms with Gasteiger partial charge in [-0.1, -0.05) is 48.0 Å². The molecule has 0 unspecified atom stereocenters. The Kier molecular flexibility index (Phi) is 6.00. The zero-order chi connectivity index (χ0) is 16.7. The fourth-order valence-corrected chi connectivity index (χ4v) is 1.98. The normalized spacial score (nSPS) is 10.0. The van der Waals surface area contributed by atoms with E-state index in [4.69, 9.17) is 16.3 Å². The van der Waals surface area contributed by atoms with E-state index in [1.165, 1.54) is 0 Å². The van der Waals surface area contributed by atoms with Crippen LogP contribution in [0, 0.1) is 6.92 Å². The average molecular weight is 333 g/mol. The highest BCUT2D eigenvalue weighted by molar-refractivity contribution is 6.31. The maximum atomic E-state index is 11.8. The van der Waals surface area contributed by atoms with Gasteiger partial charge in [-0.05, 0) is 30.2 Å². The lowest BCUT2D eigenvalue weighted by molar-refractivity contribution is -0.115. The molecule has 2 aromatic carbocycles. The zero-order valence-electron chi connectivity index (χ0n) is 12.6. The first-order valence-electron chi connectivity index (χ1n) is 7.05. The number of hydrogen-bond acceptors (Lipinski definition) is 3. The Bertz CT molecular complexity index is 689. The van der Waals surface area contributed by atoms with Crippen LogP contribution in [0.2, 0.25) is 5.02 Å². The van der Waals surface area contributed by atoms with Gasteiger partial charge in [-0.15, -0.1) is 0 Å². The molecule has 2 N–H and O–H groups in total. The second kappa shape index (κ2) is 8.19. The SMILES string of the molecule is Cc1ccc(NC(=O)CNC(=O)OCc2ccccc2)cc1Cl. The van der Waals surface area contributed by atoms with Gasteiger partial charge in [0.05, 0.1) is 0 Å². The van der Waals surface area contributed by atoms with Crippen LogP contribution < -0.4 is 10.6 Å². The molecule has 0 bridgehead atoms. The molecule has 2 amide bonds. The van der Waals surface area contributed by atoms with Crippen LogP contribution in [0.15, 0.2) is 48.5 Å². The van der Waals surface area contributed by atoms with Crippen LogP contribution in [0.3, 0.4) is 0 Å². The van der Waals surface area contributed by atoms with Gasteiger partial charge in [0.1, 0.15) is 13.2 Å². The molecule has 0 spiro atoms. The van der Waals surface area contributed by atoms with Crippen molar-refractivity contribution in [3.8, 4) is 0 Å². The maximum absolute atomic E-state index is 11.8. The van der Waals surface area contributed by atoms with Gasteiger partial charge in [0.25, 0.3) is 0 Å². The molecule has 0 aliphatic carbocycles. The molecule has 23 heavy (non-hydrogen) atoms. The summed E-state index contributed by atoms with van der Waals surface area (Å²) in [6, 6.07) is 14.5. The number of amides is 2. The number of carbonyl (C=O) groups is 2. The zero-order valence-corrected chi connectivity index (χ0v) is 13.4. The van der Waals surface area contributed by atoms with Crippen molar-refractivity contribution in [3.63, 3.8) is 0 Å². The van der Waals surface area contributed by atoms with Crippen LogP contribution in [-0.4, -0.2) is 18.5 Å². The predicted octanol–water partition coefficient (Wildman–Crippen LogP) is 3.51. The number of halogens is 1. The maximum Gasteiger partial charge on any atom is 0.407 e. The molecule has 0 aliphatic heterocycles. The summed E-state index contributed by atoms with van der Waals surface area (Å²) in [6.07, 6.45) is -0.647. The molecule has 0 aliphatic rings. The first kappa shape index (κ1) is 16.8. The van der Waals surface area contributed by atoms with Crippen molar-refractivity contribution in [2.24, 2.45) is 0 Å². The van der Waals surface area contributed by atoms with Crippen molar-refractivity contribution >= 4 is 29.3 Å². The number of ether oxygens (including phenoxy) is 1. The molecule has 0 saturated carbocycles. The molecule has 120 valence electrons. The molecular formula is C17H17ClN2O3. The summed E-state index contributed by atoms with van der Waals surface area (Å²) in [5.74, 6) is -0.360. The van der Waals surface area contributed by atoms with Crippen molar-refractivity contribution in [1.82, 2.24) is 5.32 Å². The minimum absolute atomic E-state index is 0.155. The number of anilines is 1. The predicted molar refractivity (Wildman–Crippen MR) is 89.4 cm³/mol. The van der Waals surface area contributed by atoms with E-state index in [0.29, 0.717) is 10.7 Å². The van der Waals surface area contributed by atoms with E-state index in [9.17, 15) is 9.59 Å². The lowest BCUT2D eigenvalue weighted by Gasteiger charge is -2.09. The highest BCUT2D eigenvalue weighted by atomic mass is 35.5. The molecule has 2 rings (SSSR count). The van der Waals surface area contributed by atoms with Crippen LogP contribution in [0.25, 0.3) is 0 Å². The van der Waals surface area contributed by atoms with Gasteiger partial charge in [0.2, 0.25) is 5.91 Å². The summed E-state index contributed by atoms with van der Waals surface area (Å²) < 4.78 is 5.01. The minimum Gasteiger partial charge on any atom is -0.445 e. The molecule has 5 nitrogen and oxygen atoms in total. The third-order valence-corrected chi connectivity index (χ3v) is 3.47. The summed E-state index contributed by atoms with van der Waals surface area (Å²) in [7, 11) is 0. The molecule has 0 fully saturated rings. The van der Waals surface area contributed by atoms with Crippen molar-refractivity contribution in [1.29, 1.82) is 0 Å². The summed E-state index contributed by atoms with van der Waals surface area (Å²) in [4.78, 5) is 23.3. The molecule has 2 aromatic rings. The minimum atomic E-state index is -0.647. The van der Waals surface area contributed by atoms with Crippen molar-refractivity contribution < 1.29 is 14.3 Å². The smallest absolute Gasteiger partial charge is 0.407 e. The first-order chi connectivity index (χ1) is 11.0. The number of aryl methyl sites for hydroxylation is 1. The molecule has 0 radical (unpaired) electrons. The first-order valence-corrected chi connectivity index (χ1v) is 7.43. The number of rotatable bonds is 5. The van der Waals surface area contributed by atoms with Crippen LogP contribution in [0.1, 0.15) is 11.1 Å². The van der Waals surface area contributed by atoms with Crippen LogP contribution in [0.4, 0.5) is 10.5 Å². The van der Waals surface area contributed by atoms with Gasteiger partial charge in [-0.3, -0.25) is 4.79 Å².